The van der Waals surface area contributed by atoms with E-state index in [0.717, 1.165) is 27.8 Å². The Balaban J connectivity index is 1.63. The van der Waals surface area contributed by atoms with Crippen LogP contribution < -0.4 is 0 Å². The molecule has 0 atom stereocenters. The first-order chi connectivity index (χ1) is 17.0. The zero-order chi connectivity index (χ0) is 24.4. The number of hydrogen-bond donors (Lipinski definition) is 1. The lowest BCUT2D eigenvalue weighted by atomic mass is 9.85. The molecule has 0 aliphatic rings. The van der Waals surface area contributed by atoms with Crippen LogP contribution in [0.1, 0.15) is 45.4 Å². The molecule has 0 radical (unpaired) electrons. The van der Waals surface area contributed by atoms with Crippen LogP contribution in [-0.4, -0.2) is 20.4 Å². The minimum Gasteiger partial charge on any atom is -0.373 e. The Kier molecular flexibility index (Phi) is 6.06. The Morgan fingerprint density at radius 2 is 1.51 bits per heavy atom. The lowest BCUT2D eigenvalue weighted by Crippen LogP contribution is -2.32. The molecular weight excluding hydrogens is 432 g/mol. The van der Waals surface area contributed by atoms with E-state index in [1.54, 1.807) is 0 Å². The molecule has 0 amide bonds. The molecule has 4 nitrogen and oxygen atoms in total. The molecule has 5 aromatic rings. The molecule has 174 valence electrons. The number of nitrogens with zero attached hydrogens (tertiary/aromatic N) is 2. The summed E-state index contributed by atoms with van der Waals surface area (Å²) in [6, 6.07) is 32.9. The Morgan fingerprint density at radius 1 is 0.857 bits per heavy atom. The number of benzene rings is 4. The summed E-state index contributed by atoms with van der Waals surface area (Å²) < 4.78 is 2.03. The molecule has 1 heterocycles. The first-order valence-electron chi connectivity index (χ1n) is 11.9. The molecule has 0 unspecified atom stereocenters. The number of Topliss-reactive ketones (excluding diaryl/α,β-unsaturated/α-hetero) is 1. The van der Waals surface area contributed by atoms with Crippen LogP contribution in [0.2, 0.25) is 0 Å². The number of fused-ring (bicyclic) bond motifs is 1. The molecule has 0 fully saturated rings. The largest absolute Gasteiger partial charge is 0.373 e. The maximum absolute atomic E-state index is 13.1. The normalized spacial score (nSPS) is 11.6. The van der Waals surface area contributed by atoms with Crippen LogP contribution in [0.5, 0.6) is 0 Å². The van der Waals surface area contributed by atoms with Crippen molar-refractivity contribution in [2.24, 2.45) is 0 Å². The standard InChI is InChI=1S/C31H28N2O2/c1-3-33-28-18-17-24(29(34)20-23-12-10-11-22(2)19-23)21-27(28)32-30(33)31(35,25-13-6-4-7-14-25)26-15-8-5-9-16-26/h4-19,21,35H,3,20H2,1-2H3. The zero-order valence-corrected chi connectivity index (χ0v) is 20.0. The van der Waals surface area contributed by atoms with Crippen molar-refractivity contribution < 1.29 is 9.90 Å². The average molecular weight is 461 g/mol. The number of aromatic nitrogens is 2. The van der Waals surface area contributed by atoms with E-state index in [9.17, 15) is 9.90 Å². The first kappa shape index (κ1) is 22.8. The Labute approximate surface area is 205 Å². The summed E-state index contributed by atoms with van der Waals surface area (Å²) >= 11 is 0. The van der Waals surface area contributed by atoms with Gasteiger partial charge in [0.15, 0.2) is 17.2 Å². The maximum Gasteiger partial charge on any atom is 0.173 e. The van der Waals surface area contributed by atoms with Crippen molar-refractivity contribution in [3.8, 4) is 0 Å². The summed E-state index contributed by atoms with van der Waals surface area (Å²) in [6.45, 7) is 4.70. The summed E-state index contributed by atoms with van der Waals surface area (Å²) in [5.74, 6) is 0.585. The quantitative estimate of drug-likeness (QED) is 0.300. The predicted octanol–water partition coefficient (Wildman–Crippen LogP) is 6.07. The van der Waals surface area contributed by atoms with Crippen molar-refractivity contribution in [3.63, 3.8) is 0 Å². The van der Waals surface area contributed by atoms with Gasteiger partial charge in [0.25, 0.3) is 0 Å². The molecule has 0 saturated carbocycles. The number of carbonyl (C=O) groups excluding carboxylic acids is 1. The number of aliphatic hydroxyl groups is 1. The lowest BCUT2D eigenvalue weighted by Gasteiger charge is -2.29. The van der Waals surface area contributed by atoms with Crippen LogP contribution in [0.4, 0.5) is 0 Å². The highest BCUT2D eigenvalue weighted by Crippen LogP contribution is 2.37. The highest BCUT2D eigenvalue weighted by Gasteiger charge is 2.38. The second kappa shape index (κ2) is 9.32. The van der Waals surface area contributed by atoms with Crippen LogP contribution in [0.25, 0.3) is 11.0 Å². The molecule has 1 aromatic heterocycles. The number of rotatable bonds is 7. The van der Waals surface area contributed by atoms with Gasteiger partial charge in [0.1, 0.15) is 0 Å². The smallest absolute Gasteiger partial charge is 0.173 e. The van der Waals surface area contributed by atoms with Crippen LogP contribution >= 0.6 is 0 Å². The monoisotopic (exact) mass is 460 g/mol. The number of imidazole rings is 1. The molecular formula is C31H28N2O2. The van der Waals surface area contributed by atoms with Crippen LogP contribution in [-0.2, 0) is 18.6 Å². The van der Waals surface area contributed by atoms with Crippen molar-refractivity contribution >= 4 is 16.8 Å². The molecule has 4 aromatic carbocycles. The maximum atomic E-state index is 13.1. The average Bonchev–Trinajstić information content (AvgIpc) is 3.27. The van der Waals surface area contributed by atoms with Gasteiger partial charge >= 0.3 is 0 Å². The third-order valence-corrected chi connectivity index (χ3v) is 6.54. The zero-order valence-electron chi connectivity index (χ0n) is 20.0. The van der Waals surface area contributed by atoms with Gasteiger partial charge in [0, 0.05) is 18.5 Å². The van der Waals surface area contributed by atoms with E-state index in [1.165, 1.54) is 0 Å². The molecule has 0 saturated heterocycles. The lowest BCUT2D eigenvalue weighted by molar-refractivity contribution is 0.0993. The fraction of sp³-hybridized carbons (Fsp3) is 0.161. The van der Waals surface area contributed by atoms with Gasteiger partial charge in [-0.25, -0.2) is 4.98 Å². The van der Waals surface area contributed by atoms with Crippen LogP contribution in [0.15, 0.2) is 103 Å². The van der Waals surface area contributed by atoms with E-state index in [4.69, 9.17) is 4.98 Å². The van der Waals surface area contributed by atoms with Gasteiger partial charge < -0.3 is 9.67 Å². The van der Waals surface area contributed by atoms with Gasteiger partial charge in [-0.1, -0.05) is 90.5 Å². The van der Waals surface area contributed by atoms with Crippen molar-refractivity contribution in [1.29, 1.82) is 0 Å². The number of ketones is 1. The van der Waals surface area contributed by atoms with Gasteiger partial charge in [0.05, 0.1) is 11.0 Å². The van der Waals surface area contributed by atoms with E-state index >= 15 is 0 Å². The first-order valence-corrected chi connectivity index (χ1v) is 11.9. The molecule has 0 spiro atoms. The molecule has 5 rings (SSSR count). The van der Waals surface area contributed by atoms with E-state index in [1.807, 2.05) is 122 Å². The number of aryl methyl sites for hydroxylation is 2. The SMILES string of the molecule is CCn1c(C(O)(c2ccccc2)c2ccccc2)nc2cc(C(=O)Cc3cccc(C)c3)ccc21. The highest BCUT2D eigenvalue weighted by molar-refractivity contribution is 6.00. The molecule has 0 bridgehead atoms. The molecule has 0 aliphatic carbocycles. The topological polar surface area (TPSA) is 55.1 Å². The van der Waals surface area contributed by atoms with Crippen LogP contribution in [0, 0.1) is 6.92 Å². The van der Waals surface area contributed by atoms with E-state index < -0.39 is 5.60 Å². The van der Waals surface area contributed by atoms with Crippen LogP contribution in [0.3, 0.4) is 0 Å². The Morgan fingerprint density at radius 3 is 2.11 bits per heavy atom. The third kappa shape index (κ3) is 4.17. The van der Waals surface area contributed by atoms with Crippen molar-refractivity contribution in [1.82, 2.24) is 9.55 Å². The van der Waals surface area contributed by atoms with Gasteiger partial charge in [-0.2, -0.15) is 0 Å². The predicted molar refractivity (Wildman–Crippen MR) is 140 cm³/mol. The minimum absolute atomic E-state index is 0.0477. The highest BCUT2D eigenvalue weighted by atomic mass is 16.3. The van der Waals surface area contributed by atoms with Gasteiger partial charge in [-0.15, -0.1) is 0 Å². The summed E-state index contributed by atoms with van der Waals surface area (Å²) in [5, 5.41) is 12.3. The van der Waals surface area contributed by atoms with Gasteiger partial charge in [-0.3, -0.25) is 4.79 Å². The van der Waals surface area contributed by atoms with Gasteiger partial charge in [0.2, 0.25) is 0 Å². The second-order valence-corrected chi connectivity index (χ2v) is 8.91. The Hall–Kier alpha value is -4.02. The minimum atomic E-state index is -1.44. The number of hydrogen-bond acceptors (Lipinski definition) is 3. The van der Waals surface area contributed by atoms with E-state index in [-0.39, 0.29) is 5.78 Å². The van der Waals surface area contributed by atoms with E-state index in [0.29, 0.717) is 29.9 Å². The molecule has 0 aliphatic heterocycles. The fourth-order valence-electron chi connectivity index (χ4n) is 4.79. The van der Waals surface area contributed by atoms with E-state index in [2.05, 4.69) is 0 Å². The fourth-order valence-corrected chi connectivity index (χ4v) is 4.79. The molecule has 35 heavy (non-hydrogen) atoms. The van der Waals surface area contributed by atoms with Crippen molar-refractivity contribution in [3.05, 3.63) is 137 Å². The summed E-state index contributed by atoms with van der Waals surface area (Å²) in [4.78, 5) is 18.0. The Bertz CT molecular complexity index is 1450. The molecule has 4 heteroatoms. The second-order valence-electron chi connectivity index (χ2n) is 8.91. The van der Waals surface area contributed by atoms with Gasteiger partial charge in [-0.05, 0) is 48.7 Å². The summed E-state index contributed by atoms with van der Waals surface area (Å²) in [7, 11) is 0. The number of carbonyl (C=O) groups is 1. The third-order valence-electron chi connectivity index (χ3n) is 6.54. The van der Waals surface area contributed by atoms with Crippen molar-refractivity contribution in [2.45, 2.75) is 32.4 Å². The summed E-state index contributed by atoms with van der Waals surface area (Å²) in [6.07, 6.45) is 0.340. The summed E-state index contributed by atoms with van der Waals surface area (Å²) in [5.41, 5.74) is 4.38. The van der Waals surface area contributed by atoms with Crippen molar-refractivity contribution in [2.75, 3.05) is 0 Å². The molecule has 1 N–H and O–H groups in total.